The van der Waals surface area contributed by atoms with Gasteiger partial charge in [-0.2, -0.15) is 13.2 Å². The van der Waals surface area contributed by atoms with Gasteiger partial charge in [0.15, 0.2) is 0 Å². The van der Waals surface area contributed by atoms with Crippen molar-refractivity contribution in [3.8, 4) is 11.1 Å². The molecule has 1 aromatic carbocycles. The molecule has 2 aromatic rings. The third-order valence-corrected chi connectivity index (χ3v) is 2.75. The smallest absolute Gasteiger partial charge is 0.419 e. The molecular weight excluding hydrogens is 294 g/mol. The summed E-state index contributed by atoms with van der Waals surface area (Å²) in [6.45, 7) is 0. The van der Waals surface area contributed by atoms with Crippen molar-refractivity contribution in [1.29, 1.82) is 0 Å². The normalized spacial score (nSPS) is 11.4. The van der Waals surface area contributed by atoms with E-state index < -0.39 is 40.2 Å². The number of hydrogen-bond acceptors (Lipinski definition) is 2. The van der Waals surface area contributed by atoms with Crippen molar-refractivity contribution in [1.82, 2.24) is 4.98 Å². The SMILES string of the molecule is O=C(O)c1cc(=O)[nH]cc1-c1cccc(C(F)(F)F)c1F. The summed E-state index contributed by atoms with van der Waals surface area (Å²) >= 11 is 0. The Morgan fingerprint density at radius 3 is 2.43 bits per heavy atom. The number of H-pyrrole nitrogens is 1. The van der Waals surface area contributed by atoms with E-state index in [1.54, 1.807) is 0 Å². The van der Waals surface area contributed by atoms with Gasteiger partial charge in [0, 0.05) is 23.4 Å². The molecule has 2 rings (SSSR count). The summed E-state index contributed by atoms with van der Waals surface area (Å²) in [6, 6.07) is 3.19. The molecular formula is C13H7F4NO3. The molecule has 110 valence electrons. The van der Waals surface area contributed by atoms with E-state index in [1.807, 2.05) is 0 Å². The monoisotopic (exact) mass is 301 g/mol. The molecule has 8 heteroatoms. The molecule has 0 unspecified atom stereocenters. The molecule has 0 radical (unpaired) electrons. The van der Waals surface area contributed by atoms with Gasteiger partial charge in [0.1, 0.15) is 5.82 Å². The number of aromatic nitrogens is 1. The molecule has 1 aromatic heterocycles. The second-order valence-corrected chi connectivity index (χ2v) is 4.09. The fourth-order valence-electron chi connectivity index (χ4n) is 1.83. The van der Waals surface area contributed by atoms with E-state index in [2.05, 4.69) is 4.98 Å². The molecule has 0 saturated carbocycles. The zero-order valence-electron chi connectivity index (χ0n) is 10.2. The lowest BCUT2D eigenvalue weighted by molar-refractivity contribution is -0.139. The van der Waals surface area contributed by atoms with E-state index >= 15 is 0 Å². The van der Waals surface area contributed by atoms with Crippen LogP contribution in [-0.4, -0.2) is 16.1 Å². The molecule has 0 bridgehead atoms. The lowest BCUT2D eigenvalue weighted by atomic mass is 9.99. The van der Waals surface area contributed by atoms with Gasteiger partial charge in [-0.1, -0.05) is 12.1 Å². The van der Waals surface area contributed by atoms with Crippen LogP contribution in [0, 0.1) is 5.82 Å². The number of halogens is 4. The topological polar surface area (TPSA) is 70.2 Å². The van der Waals surface area contributed by atoms with Crippen LogP contribution in [0.2, 0.25) is 0 Å². The van der Waals surface area contributed by atoms with Gasteiger partial charge in [0.05, 0.1) is 11.1 Å². The lowest BCUT2D eigenvalue weighted by Gasteiger charge is -2.12. The molecule has 0 saturated heterocycles. The third-order valence-electron chi connectivity index (χ3n) is 2.75. The van der Waals surface area contributed by atoms with Gasteiger partial charge in [-0.05, 0) is 6.07 Å². The van der Waals surface area contributed by atoms with Crippen LogP contribution < -0.4 is 5.56 Å². The highest BCUT2D eigenvalue weighted by Gasteiger charge is 2.35. The Kier molecular flexibility index (Phi) is 3.54. The predicted octanol–water partition coefficient (Wildman–Crippen LogP) is 2.90. The van der Waals surface area contributed by atoms with Gasteiger partial charge in [-0.25, -0.2) is 9.18 Å². The van der Waals surface area contributed by atoms with Crippen LogP contribution in [0.5, 0.6) is 0 Å². The van der Waals surface area contributed by atoms with Crippen LogP contribution in [0.25, 0.3) is 11.1 Å². The van der Waals surface area contributed by atoms with Gasteiger partial charge in [0.25, 0.3) is 0 Å². The van der Waals surface area contributed by atoms with E-state index in [0.717, 1.165) is 18.3 Å². The van der Waals surface area contributed by atoms with E-state index in [9.17, 15) is 27.2 Å². The first-order valence-corrected chi connectivity index (χ1v) is 5.54. The highest BCUT2D eigenvalue weighted by atomic mass is 19.4. The molecule has 2 N–H and O–H groups in total. The number of pyridine rings is 1. The number of carboxylic acid groups (broad SMARTS) is 1. The molecule has 0 aliphatic rings. The van der Waals surface area contributed by atoms with Crippen LogP contribution in [-0.2, 0) is 6.18 Å². The fourth-order valence-corrected chi connectivity index (χ4v) is 1.83. The first-order valence-electron chi connectivity index (χ1n) is 5.54. The first kappa shape index (κ1) is 14.8. The van der Waals surface area contributed by atoms with E-state index in [4.69, 9.17) is 5.11 Å². The molecule has 0 amide bonds. The van der Waals surface area contributed by atoms with Crippen LogP contribution in [0.1, 0.15) is 15.9 Å². The summed E-state index contributed by atoms with van der Waals surface area (Å²) in [5, 5.41) is 8.97. The zero-order chi connectivity index (χ0) is 15.8. The highest BCUT2D eigenvalue weighted by molar-refractivity contribution is 5.95. The second kappa shape index (κ2) is 5.04. The number of rotatable bonds is 2. The lowest BCUT2D eigenvalue weighted by Crippen LogP contribution is -2.12. The molecule has 0 fully saturated rings. The van der Waals surface area contributed by atoms with Crippen molar-refractivity contribution >= 4 is 5.97 Å². The van der Waals surface area contributed by atoms with Crippen LogP contribution >= 0.6 is 0 Å². The maximum absolute atomic E-state index is 14.0. The minimum atomic E-state index is -4.91. The molecule has 21 heavy (non-hydrogen) atoms. The molecule has 0 aliphatic carbocycles. The van der Waals surface area contributed by atoms with E-state index in [1.165, 1.54) is 0 Å². The van der Waals surface area contributed by atoms with Gasteiger partial charge in [-0.15, -0.1) is 0 Å². The number of hydrogen-bond donors (Lipinski definition) is 2. The number of carboxylic acids is 1. The Hall–Kier alpha value is -2.64. The number of nitrogens with one attached hydrogen (secondary N) is 1. The van der Waals surface area contributed by atoms with Crippen LogP contribution in [0.3, 0.4) is 0 Å². The zero-order valence-corrected chi connectivity index (χ0v) is 10.2. The number of carbonyl (C=O) groups is 1. The number of alkyl halides is 3. The predicted molar refractivity (Wildman–Crippen MR) is 64.4 cm³/mol. The summed E-state index contributed by atoms with van der Waals surface area (Å²) in [5.74, 6) is -3.15. The standard InChI is InChI=1S/C13H7F4NO3/c14-11-6(2-1-3-9(11)13(15,16)17)8-5-18-10(19)4-7(8)12(20)21/h1-5H,(H,18,19)(H,20,21). The van der Waals surface area contributed by atoms with Crippen molar-refractivity contribution in [3.05, 3.63) is 57.8 Å². The van der Waals surface area contributed by atoms with Gasteiger partial charge in [0.2, 0.25) is 5.56 Å². The molecule has 4 nitrogen and oxygen atoms in total. The van der Waals surface area contributed by atoms with Gasteiger partial charge >= 0.3 is 12.1 Å². The molecule has 0 atom stereocenters. The van der Waals surface area contributed by atoms with Crippen molar-refractivity contribution in [3.63, 3.8) is 0 Å². The Morgan fingerprint density at radius 2 is 1.86 bits per heavy atom. The Morgan fingerprint density at radius 1 is 1.19 bits per heavy atom. The quantitative estimate of drug-likeness (QED) is 0.838. The van der Waals surface area contributed by atoms with E-state index in [0.29, 0.717) is 12.1 Å². The first-order chi connectivity index (χ1) is 9.71. The average Bonchev–Trinajstić information content (AvgIpc) is 2.38. The molecule has 1 heterocycles. The Bertz CT molecular complexity index is 765. The van der Waals surface area contributed by atoms with Gasteiger partial charge in [-0.3, -0.25) is 4.79 Å². The minimum Gasteiger partial charge on any atom is -0.478 e. The summed E-state index contributed by atoms with van der Waals surface area (Å²) in [5.41, 5.74) is -3.76. The van der Waals surface area contributed by atoms with Gasteiger partial charge < -0.3 is 10.1 Å². The Balaban J connectivity index is 2.75. The van der Waals surface area contributed by atoms with Crippen molar-refractivity contribution in [2.75, 3.05) is 0 Å². The largest absolute Gasteiger partial charge is 0.478 e. The minimum absolute atomic E-state index is 0.342. The van der Waals surface area contributed by atoms with Crippen molar-refractivity contribution in [2.45, 2.75) is 6.18 Å². The molecule has 0 aliphatic heterocycles. The molecule has 0 spiro atoms. The number of benzene rings is 1. The maximum Gasteiger partial charge on any atom is 0.419 e. The third kappa shape index (κ3) is 2.78. The fraction of sp³-hybridized carbons (Fsp3) is 0.0769. The number of aromatic amines is 1. The van der Waals surface area contributed by atoms with Crippen LogP contribution in [0.4, 0.5) is 17.6 Å². The average molecular weight is 301 g/mol. The second-order valence-electron chi connectivity index (χ2n) is 4.09. The summed E-state index contributed by atoms with van der Waals surface area (Å²) in [6.07, 6.45) is -4.05. The maximum atomic E-state index is 14.0. The highest BCUT2D eigenvalue weighted by Crippen LogP contribution is 2.35. The summed E-state index contributed by atoms with van der Waals surface area (Å²) in [7, 11) is 0. The Labute approximate surface area is 114 Å². The van der Waals surface area contributed by atoms with Crippen molar-refractivity contribution < 1.29 is 27.5 Å². The van der Waals surface area contributed by atoms with Crippen molar-refractivity contribution in [2.24, 2.45) is 0 Å². The van der Waals surface area contributed by atoms with E-state index in [-0.39, 0.29) is 5.56 Å². The van der Waals surface area contributed by atoms with Crippen LogP contribution in [0.15, 0.2) is 35.3 Å². The summed E-state index contributed by atoms with van der Waals surface area (Å²) < 4.78 is 52.0. The number of aromatic carboxylic acids is 1. The summed E-state index contributed by atoms with van der Waals surface area (Å²) in [4.78, 5) is 24.3.